The molecule has 0 radical (unpaired) electrons. The van der Waals surface area contributed by atoms with E-state index in [0.29, 0.717) is 22.6 Å². The lowest BCUT2D eigenvalue weighted by molar-refractivity contribution is 0.0526. The third-order valence-corrected chi connectivity index (χ3v) is 5.15. The minimum Gasteiger partial charge on any atom is -0.496 e. The van der Waals surface area contributed by atoms with E-state index in [1.165, 1.54) is 37.4 Å². The standard InChI is InChI=1S/C18H21NO5S/c1-5-24-18(20)14-6-8-15(9-7-14)19-25(21,22)17-11-16(23-4)12(2)10-13(17)3/h6-11,19H,5H2,1-4H3. The molecule has 0 saturated heterocycles. The fourth-order valence-corrected chi connectivity index (χ4v) is 3.72. The van der Waals surface area contributed by atoms with Crippen LogP contribution in [0.15, 0.2) is 41.3 Å². The van der Waals surface area contributed by atoms with E-state index in [9.17, 15) is 13.2 Å². The van der Waals surface area contributed by atoms with E-state index < -0.39 is 16.0 Å². The Morgan fingerprint density at radius 3 is 2.28 bits per heavy atom. The maximum atomic E-state index is 12.7. The summed E-state index contributed by atoms with van der Waals surface area (Å²) < 4.78 is 37.9. The number of aryl methyl sites for hydroxylation is 2. The molecule has 1 N–H and O–H groups in total. The molecule has 25 heavy (non-hydrogen) atoms. The van der Waals surface area contributed by atoms with Crippen LogP contribution in [0.1, 0.15) is 28.4 Å². The van der Waals surface area contributed by atoms with Gasteiger partial charge in [0, 0.05) is 11.8 Å². The number of carbonyl (C=O) groups excluding carboxylic acids is 1. The molecule has 0 atom stereocenters. The molecular weight excluding hydrogens is 342 g/mol. The number of anilines is 1. The molecule has 7 heteroatoms. The summed E-state index contributed by atoms with van der Waals surface area (Å²) in [6, 6.07) is 9.32. The Hall–Kier alpha value is -2.54. The van der Waals surface area contributed by atoms with E-state index in [0.717, 1.165) is 5.56 Å². The number of nitrogens with one attached hydrogen (secondary N) is 1. The fraction of sp³-hybridized carbons (Fsp3) is 0.278. The monoisotopic (exact) mass is 363 g/mol. The molecule has 0 fully saturated rings. The van der Waals surface area contributed by atoms with E-state index in [2.05, 4.69) is 4.72 Å². The molecule has 0 unspecified atom stereocenters. The molecule has 0 saturated carbocycles. The van der Waals surface area contributed by atoms with E-state index in [4.69, 9.17) is 9.47 Å². The minimum absolute atomic E-state index is 0.143. The first-order valence-corrected chi connectivity index (χ1v) is 9.22. The average Bonchev–Trinajstić information content (AvgIpc) is 2.55. The van der Waals surface area contributed by atoms with Gasteiger partial charge in [-0.2, -0.15) is 0 Å². The Morgan fingerprint density at radius 1 is 1.08 bits per heavy atom. The summed E-state index contributed by atoms with van der Waals surface area (Å²) in [5, 5.41) is 0. The quantitative estimate of drug-likeness (QED) is 0.797. The van der Waals surface area contributed by atoms with Gasteiger partial charge in [0.15, 0.2) is 0 Å². The van der Waals surface area contributed by atoms with Gasteiger partial charge in [0.1, 0.15) is 5.75 Å². The molecule has 6 nitrogen and oxygen atoms in total. The highest BCUT2D eigenvalue weighted by Crippen LogP contribution is 2.27. The second kappa shape index (κ2) is 7.57. The molecule has 0 aliphatic carbocycles. The zero-order chi connectivity index (χ0) is 18.6. The summed E-state index contributed by atoms with van der Waals surface area (Å²) in [7, 11) is -2.29. The van der Waals surface area contributed by atoms with Crippen molar-refractivity contribution in [1.29, 1.82) is 0 Å². The lowest BCUT2D eigenvalue weighted by atomic mass is 10.1. The summed E-state index contributed by atoms with van der Waals surface area (Å²) >= 11 is 0. The van der Waals surface area contributed by atoms with Crippen molar-refractivity contribution in [3.8, 4) is 5.75 Å². The molecule has 0 aliphatic rings. The SMILES string of the molecule is CCOC(=O)c1ccc(NS(=O)(=O)c2cc(OC)c(C)cc2C)cc1. The van der Waals surface area contributed by atoms with Crippen molar-refractivity contribution in [2.75, 3.05) is 18.4 Å². The molecular formula is C18H21NO5S. The van der Waals surface area contributed by atoms with Gasteiger partial charge in [-0.1, -0.05) is 6.07 Å². The number of carbonyl (C=O) groups is 1. The highest BCUT2D eigenvalue weighted by Gasteiger charge is 2.19. The van der Waals surface area contributed by atoms with E-state index in [-0.39, 0.29) is 11.5 Å². The third kappa shape index (κ3) is 4.30. The van der Waals surface area contributed by atoms with Crippen LogP contribution in [0.25, 0.3) is 0 Å². The van der Waals surface area contributed by atoms with Gasteiger partial charge in [-0.05, 0) is 56.2 Å². The van der Waals surface area contributed by atoms with Crippen LogP contribution in [0.2, 0.25) is 0 Å². The second-order valence-electron chi connectivity index (χ2n) is 5.49. The van der Waals surface area contributed by atoms with Crippen LogP contribution in [0.4, 0.5) is 5.69 Å². The van der Waals surface area contributed by atoms with Crippen LogP contribution in [0.5, 0.6) is 5.75 Å². The molecule has 0 spiro atoms. The summed E-state index contributed by atoms with van der Waals surface area (Å²) in [6.45, 7) is 5.58. The largest absolute Gasteiger partial charge is 0.496 e. The molecule has 0 aliphatic heterocycles. The number of methoxy groups -OCH3 is 1. The van der Waals surface area contributed by atoms with Crippen LogP contribution in [-0.4, -0.2) is 28.1 Å². The Labute approximate surface area is 147 Å². The molecule has 0 amide bonds. The topological polar surface area (TPSA) is 81.7 Å². The van der Waals surface area contributed by atoms with Gasteiger partial charge in [0.05, 0.1) is 24.2 Å². The molecule has 134 valence electrons. The maximum Gasteiger partial charge on any atom is 0.338 e. The smallest absolute Gasteiger partial charge is 0.338 e. The van der Waals surface area contributed by atoms with Crippen LogP contribution in [-0.2, 0) is 14.8 Å². The summed E-state index contributed by atoms with van der Waals surface area (Å²) in [6.07, 6.45) is 0. The van der Waals surface area contributed by atoms with Crippen LogP contribution in [0, 0.1) is 13.8 Å². The van der Waals surface area contributed by atoms with Gasteiger partial charge < -0.3 is 9.47 Å². The van der Waals surface area contributed by atoms with Crippen molar-refractivity contribution < 1.29 is 22.7 Å². The molecule has 0 heterocycles. The number of benzene rings is 2. The fourth-order valence-electron chi connectivity index (χ4n) is 2.42. The normalized spacial score (nSPS) is 11.0. The predicted molar refractivity (Wildman–Crippen MR) is 95.7 cm³/mol. The molecule has 0 aromatic heterocycles. The molecule has 0 bridgehead atoms. The number of esters is 1. The Balaban J connectivity index is 2.29. The highest BCUT2D eigenvalue weighted by atomic mass is 32.2. The number of ether oxygens (including phenoxy) is 2. The second-order valence-corrected chi connectivity index (χ2v) is 7.14. The summed E-state index contributed by atoms with van der Waals surface area (Å²) in [5.74, 6) is 0.0552. The Morgan fingerprint density at radius 2 is 1.72 bits per heavy atom. The van der Waals surface area contributed by atoms with E-state index in [1.807, 2.05) is 6.92 Å². The Kier molecular flexibility index (Phi) is 5.69. The summed E-state index contributed by atoms with van der Waals surface area (Å²) in [5.41, 5.74) is 2.19. The van der Waals surface area contributed by atoms with Crippen molar-refractivity contribution >= 4 is 21.7 Å². The van der Waals surface area contributed by atoms with Crippen LogP contribution >= 0.6 is 0 Å². The molecule has 2 rings (SSSR count). The van der Waals surface area contributed by atoms with E-state index in [1.54, 1.807) is 19.9 Å². The zero-order valence-corrected chi connectivity index (χ0v) is 15.4. The summed E-state index contributed by atoms with van der Waals surface area (Å²) in [4.78, 5) is 11.8. The van der Waals surface area contributed by atoms with Crippen molar-refractivity contribution in [1.82, 2.24) is 0 Å². The van der Waals surface area contributed by atoms with Gasteiger partial charge in [0.2, 0.25) is 0 Å². The predicted octanol–water partition coefficient (Wildman–Crippen LogP) is 3.29. The number of sulfonamides is 1. The average molecular weight is 363 g/mol. The highest BCUT2D eigenvalue weighted by molar-refractivity contribution is 7.92. The van der Waals surface area contributed by atoms with Crippen molar-refractivity contribution in [2.24, 2.45) is 0 Å². The van der Waals surface area contributed by atoms with Crippen molar-refractivity contribution in [2.45, 2.75) is 25.7 Å². The Bertz CT molecular complexity index is 873. The van der Waals surface area contributed by atoms with Gasteiger partial charge in [0.25, 0.3) is 10.0 Å². The first kappa shape index (κ1) is 18.8. The van der Waals surface area contributed by atoms with Crippen molar-refractivity contribution in [3.63, 3.8) is 0 Å². The number of rotatable bonds is 6. The number of hydrogen-bond donors (Lipinski definition) is 1. The van der Waals surface area contributed by atoms with Gasteiger partial charge >= 0.3 is 5.97 Å². The first-order valence-electron chi connectivity index (χ1n) is 7.73. The minimum atomic E-state index is -3.78. The van der Waals surface area contributed by atoms with Crippen LogP contribution < -0.4 is 9.46 Å². The van der Waals surface area contributed by atoms with Crippen LogP contribution in [0.3, 0.4) is 0 Å². The molecule has 2 aromatic rings. The van der Waals surface area contributed by atoms with Crippen molar-refractivity contribution in [3.05, 3.63) is 53.1 Å². The lowest BCUT2D eigenvalue weighted by Crippen LogP contribution is -2.15. The van der Waals surface area contributed by atoms with Gasteiger partial charge in [-0.25, -0.2) is 13.2 Å². The molecule has 2 aromatic carbocycles. The zero-order valence-electron chi connectivity index (χ0n) is 14.6. The van der Waals surface area contributed by atoms with E-state index >= 15 is 0 Å². The number of hydrogen-bond acceptors (Lipinski definition) is 5. The third-order valence-electron chi connectivity index (χ3n) is 3.63. The van der Waals surface area contributed by atoms with Gasteiger partial charge in [-0.3, -0.25) is 4.72 Å². The van der Waals surface area contributed by atoms with Gasteiger partial charge in [-0.15, -0.1) is 0 Å². The first-order chi connectivity index (χ1) is 11.8. The lowest BCUT2D eigenvalue weighted by Gasteiger charge is -2.13. The maximum absolute atomic E-state index is 12.7.